The summed E-state index contributed by atoms with van der Waals surface area (Å²) in [5.41, 5.74) is 2.87. The molecule has 1 unspecified atom stereocenters. The zero-order valence-corrected chi connectivity index (χ0v) is 34.2. The van der Waals surface area contributed by atoms with Crippen LogP contribution >= 0.6 is 11.6 Å². The number of rotatable bonds is 8. The highest BCUT2D eigenvalue weighted by Gasteiger charge is 2.74. The van der Waals surface area contributed by atoms with Gasteiger partial charge in [-0.3, -0.25) is 4.98 Å². The molecule has 0 aliphatic carbocycles. The van der Waals surface area contributed by atoms with Crippen molar-refractivity contribution < 1.29 is 30.7 Å². The lowest BCUT2D eigenvalue weighted by molar-refractivity contribution is -0.269. The van der Waals surface area contributed by atoms with Crippen molar-refractivity contribution in [2.24, 2.45) is 5.92 Å². The minimum atomic E-state index is -6.53. The third kappa shape index (κ3) is 7.24. The van der Waals surface area contributed by atoms with E-state index in [-0.39, 0.29) is 33.6 Å². The van der Waals surface area contributed by atoms with Crippen molar-refractivity contribution in [2.75, 3.05) is 0 Å². The van der Waals surface area contributed by atoms with E-state index in [4.69, 9.17) is 9.97 Å². The summed E-state index contributed by atoms with van der Waals surface area (Å²) < 4.78 is 109. The first-order valence-corrected chi connectivity index (χ1v) is 20.3. The number of aromatic nitrogens is 4. The Morgan fingerprint density at radius 2 is 0.923 bits per heavy atom. The minimum absolute atomic E-state index is 0.0225. The number of hydrogen-bond donors (Lipinski definition) is 2. The van der Waals surface area contributed by atoms with Gasteiger partial charge >= 0.3 is 17.2 Å². The summed E-state index contributed by atoms with van der Waals surface area (Å²) in [6.45, 7) is 0. The molecule has 0 fully saturated rings. The topological polar surface area (TPSA) is 105 Å². The molecule has 4 aromatic carbocycles. The molecule has 0 spiro atoms. The summed E-state index contributed by atoms with van der Waals surface area (Å²) in [4.78, 5) is 16.8. The van der Waals surface area contributed by atoms with Crippen LogP contribution in [0.5, 0.6) is 0 Å². The molecule has 1 atom stereocenters. The van der Waals surface area contributed by atoms with Crippen molar-refractivity contribution in [3.63, 3.8) is 0 Å². The number of halogens is 8. The van der Waals surface area contributed by atoms with Gasteiger partial charge in [0, 0.05) is 49.9 Å². The quantitative estimate of drug-likeness (QED) is 0.117. The lowest BCUT2D eigenvalue weighted by Gasteiger charge is -2.30. The third-order valence-electron chi connectivity index (χ3n) is 11.3. The van der Waals surface area contributed by atoms with Gasteiger partial charge in [0.25, 0.3) is 0 Å². The van der Waals surface area contributed by atoms with Crippen LogP contribution in [0.25, 0.3) is 84.3 Å². The van der Waals surface area contributed by atoms with Crippen molar-refractivity contribution in [3.8, 4) is 56.6 Å². The standard InChI is InChI=1S/C51H30ClF7N6/c52-51(58,59)50(56,57)49(54,55)48(53)45-44(33(27-60)28-61)46-42(31-17-9-3-10-18-31)38-25-23-36(63-38)40(29-13-5-1-6-14-29)34-21-22-35(62-34)41(30-15-7-2-8-16-30)37-24-26-39(64-37)43(47(45)65-46)32-19-11-4-12-20-32/h1-26,33,44,62-63H/b40-34?,40-36?,41-35?,41-37?,42-38?,43-39?,46-42?,47-43?,48-45+. The average molecular weight is 895 g/mol. The highest BCUT2D eigenvalue weighted by Crippen LogP contribution is 2.57. The van der Waals surface area contributed by atoms with Crippen LogP contribution in [-0.2, 0) is 0 Å². The first kappa shape index (κ1) is 42.6. The summed E-state index contributed by atoms with van der Waals surface area (Å²) in [6, 6.07) is 45.1. The molecule has 0 amide bonds. The Balaban J connectivity index is 1.58. The molecule has 14 heteroatoms. The van der Waals surface area contributed by atoms with Gasteiger partial charge in [-0.15, -0.1) is 0 Å². The molecule has 6 nitrogen and oxygen atoms in total. The van der Waals surface area contributed by atoms with Crippen molar-refractivity contribution in [1.29, 1.82) is 10.5 Å². The van der Waals surface area contributed by atoms with Crippen molar-refractivity contribution in [3.05, 3.63) is 174 Å². The summed E-state index contributed by atoms with van der Waals surface area (Å²) in [5, 5.41) is 15.1. The molecule has 7 aromatic rings. The predicted octanol–water partition coefficient (Wildman–Crippen LogP) is 14.4. The van der Waals surface area contributed by atoms with E-state index in [1.165, 1.54) is 18.2 Å². The number of allylic oxidation sites excluding steroid dienone is 2. The number of H-pyrrole nitrogens is 2. The van der Waals surface area contributed by atoms with Gasteiger partial charge in [0.15, 0.2) is 5.83 Å². The average Bonchev–Trinajstić information content (AvgIpc) is 4.15. The maximum atomic E-state index is 17.4. The van der Waals surface area contributed by atoms with Gasteiger partial charge in [-0.25, -0.2) is 9.37 Å². The lowest BCUT2D eigenvalue weighted by atomic mass is 9.80. The normalized spacial score (nSPS) is 14.8. The van der Waals surface area contributed by atoms with Crippen molar-refractivity contribution in [1.82, 2.24) is 19.9 Å². The number of nitriles is 2. The fourth-order valence-corrected chi connectivity index (χ4v) is 8.46. The second kappa shape index (κ2) is 16.4. The Morgan fingerprint density at radius 1 is 0.538 bits per heavy atom. The summed E-state index contributed by atoms with van der Waals surface area (Å²) in [5.74, 6) is -20.2. The van der Waals surface area contributed by atoms with E-state index in [0.717, 1.165) is 5.56 Å². The zero-order valence-electron chi connectivity index (χ0n) is 33.5. The van der Waals surface area contributed by atoms with Crippen LogP contribution < -0.4 is 0 Å². The molecule has 9 rings (SSSR count). The second-order valence-corrected chi connectivity index (χ2v) is 15.7. The Morgan fingerprint density at radius 3 is 1.37 bits per heavy atom. The Bertz CT molecular complexity index is 3280. The lowest BCUT2D eigenvalue weighted by Crippen LogP contribution is -2.52. The van der Waals surface area contributed by atoms with Crippen LogP contribution in [0.2, 0.25) is 0 Å². The minimum Gasteiger partial charge on any atom is -0.354 e. The van der Waals surface area contributed by atoms with E-state index < -0.39 is 46.2 Å². The predicted molar refractivity (Wildman–Crippen MR) is 238 cm³/mol. The highest BCUT2D eigenvalue weighted by atomic mass is 35.5. The molecule has 2 aliphatic rings. The Hall–Kier alpha value is -7.74. The zero-order chi connectivity index (χ0) is 45.7. The maximum absolute atomic E-state index is 17.4. The van der Waals surface area contributed by atoms with Gasteiger partial charge in [0.1, 0.15) is 5.92 Å². The highest BCUT2D eigenvalue weighted by molar-refractivity contribution is 6.22. The Kier molecular flexibility index (Phi) is 10.8. The van der Waals surface area contributed by atoms with Gasteiger partial charge < -0.3 is 9.97 Å². The SMILES string of the molecule is N#CC(C#N)C1/C(=C(\F)C(F)(F)C(F)(F)C(F)(F)Cl)c2nc1c(-c1ccccc1)c1ccc([nH]1)c(-c1ccccc1)c1ccc([nH]1)c(-c1ccccc1)c1nc(c2-c2ccccc2)C=C1. The Labute approximate surface area is 371 Å². The molecule has 2 aliphatic heterocycles. The second-order valence-electron chi connectivity index (χ2n) is 15.2. The first-order chi connectivity index (χ1) is 31.2. The van der Waals surface area contributed by atoms with Gasteiger partial charge in [-0.1, -0.05) is 121 Å². The molecular weight excluding hydrogens is 865 g/mol. The molecule has 65 heavy (non-hydrogen) atoms. The monoisotopic (exact) mass is 894 g/mol. The fraction of sp³-hybridized carbons (Fsp3) is 0.0980. The molecule has 0 saturated carbocycles. The molecule has 5 heterocycles. The van der Waals surface area contributed by atoms with E-state index >= 15 is 22.0 Å². The largest absolute Gasteiger partial charge is 0.393 e. The van der Waals surface area contributed by atoms with Crippen molar-refractivity contribution in [2.45, 2.75) is 23.1 Å². The van der Waals surface area contributed by atoms with Crippen LogP contribution in [0, 0.1) is 28.6 Å². The summed E-state index contributed by atoms with van der Waals surface area (Å²) >= 11 is 4.61. The number of nitrogens with one attached hydrogen (secondary N) is 2. The van der Waals surface area contributed by atoms with Gasteiger partial charge in [-0.05, 0) is 70.3 Å². The van der Waals surface area contributed by atoms with Crippen molar-refractivity contribution >= 4 is 51.4 Å². The van der Waals surface area contributed by atoms with E-state index in [0.29, 0.717) is 44.5 Å². The van der Waals surface area contributed by atoms with E-state index in [1.54, 1.807) is 78.9 Å². The molecule has 0 saturated heterocycles. The van der Waals surface area contributed by atoms with Crippen LogP contribution in [0.1, 0.15) is 28.7 Å². The van der Waals surface area contributed by atoms with E-state index in [9.17, 15) is 19.3 Å². The first-order valence-electron chi connectivity index (χ1n) is 20.0. The van der Waals surface area contributed by atoms with Gasteiger partial charge in [0.05, 0.1) is 40.8 Å². The molecular formula is C51H30ClF7N6. The number of hydrogen-bond acceptors (Lipinski definition) is 4. The van der Waals surface area contributed by atoms with E-state index in [1.807, 2.05) is 72.8 Å². The van der Waals surface area contributed by atoms with E-state index in [2.05, 4.69) is 21.6 Å². The molecule has 3 aromatic heterocycles. The number of nitrogens with zero attached hydrogens (tertiary/aromatic N) is 4. The summed E-state index contributed by atoms with van der Waals surface area (Å²) in [6.07, 6.45) is 3.13. The summed E-state index contributed by atoms with van der Waals surface area (Å²) in [7, 11) is 0. The smallest absolute Gasteiger partial charge is 0.354 e. The molecule has 8 bridgehead atoms. The number of alkyl halides is 7. The van der Waals surface area contributed by atoms with Crippen LogP contribution in [0.3, 0.4) is 0 Å². The van der Waals surface area contributed by atoms with Gasteiger partial charge in [-0.2, -0.15) is 36.9 Å². The molecule has 2 N–H and O–H groups in total. The number of fused-ring (bicyclic) bond motifs is 8. The maximum Gasteiger partial charge on any atom is 0.393 e. The third-order valence-corrected chi connectivity index (χ3v) is 11.5. The molecule has 0 radical (unpaired) electrons. The van der Waals surface area contributed by atoms with Crippen LogP contribution in [-0.4, -0.2) is 37.2 Å². The van der Waals surface area contributed by atoms with Crippen LogP contribution in [0.15, 0.2) is 151 Å². The van der Waals surface area contributed by atoms with Gasteiger partial charge in [0.2, 0.25) is 0 Å². The fourth-order valence-electron chi connectivity index (χ4n) is 8.34. The molecule has 320 valence electrons. The van der Waals surface area contributed by atoms with Crippen LogP contribution in [0.4, 0.5) is 30.7 Å². The number of aromatic amines is 2. The number of benzene rings is 4.